The normalized spacial score (nSPS) is 9.62. The third kappa shape index (κ3) is 3.56. The number of halogens is 1. The first-order valence-electron chi connectivity index (χ1n) is 4.56. The highest BCUT2D eigenvalue weighted by molar-refractivity contribution is 9.10. The minimum atomic E-state index is -0.375. The van der Waals surface area contributed by atoms with Gasteiger partial charge < -0.3 is 4.74 Å². The molecule has 1 aromatic heterocycles. The zero-order valence-corrected chi connectivity index (χ0v) is 10.2. The van der Waals surface area contributed by atoms with Gasteiger partial charge in [-0.2, -0.15) is 5.10 Å². The molecule has 0 amide bonds. The van der Waals surface area contributed by atoms with Gasteiger partial charge in [-0.25, -0.2) is 0 Å². The van der Waals surface area contributed by atoms with Crippen LogP contribution < -0.4 is 0 Å². The molecule has 0 bridgehead atoms. The molecule has 0 unspecified atom stereocenters. The van der Waals surface area contributed by atoms with E-state index in [2.05, 4.69) is 31.1 Å². The van der Waals surface area contributed by atoms with Gasteiger partial charge in [0.1, 0.15) is 11.1 Å². The van der Waals surface area contributed by atoms with Gasteiger partial charge in [-0.05, 0) is 34.5 Å². The standard InChI is InChI=1S/C8H10BrN5O2/c1-2-16-8(15)5-14-6(4-11-13-10)3-7(9)12-14/h3H,2,4-5H2,1H3. The van der Waals surface area contributed by atoms with Crippen LogP contribution in [0.15, 0.2) is 15.8 Å². The molecule has 0 aliphatic rings. The molecule has 86 valence electrons. The minimum Gasteiger partial charge on any atom is -0.465 e. The number of hydrogen-bond acceptors (Lipinski definition) is 4. The van der Waals surface area contributed by atoms with Crippen molar-refractivity contribution in [3.05, 3.63) is 26.8 Å². The molecule has 16 heavy (non-hydrogen) atoms. The van der Waals surface area contributed by atoms with Gasteiger partial charge in [-0.3, -0.25) is 9.48 Å². The van der Waals surface area contributed by atoms with Gasteiger partial charge in [0.2, 0.25) is 0 Å². The number of carbonyl (C=O) groups excluding carboxylic acids is 1. The summed E-state index contributed by atoms with van der Waals surface area (Å²) in [5.74, 6) is -0.375. The lowest BCUT2D eigenvalue weighted by Crippen LogP contribution is -2.16. The zero-order chi connectivity index (χ0) is 12.0. The maximum Gasteiger partial charge on any atom is 0.327 e. The number of aromatic nitrogens is 2. The molecule has 0 aliphatic heterocycles. The van der Waals surface area contributed by atoms with Crippen LogP contribution in [-0.4, -0.2) is 22.4 Å². The highest BCUT2D eigenvalue weighted by atomic mass is 79.9. The molecule has 0 N–H and O–H groups in total. The number of rotatable bonds is 5. The van der Waals surface area contributed by atoms with Crippen LogP contribution in [0.25, 0.3) is 10.4 Å². The summed E-state index contributed by atoms with van der Waals surface area (Å²) >= 11 is 3.18. The van der Waals surface area contributed by atoms with Crippen molar-refractivity contribution in [2.45, 2.75) is 20.0 Å². The van der Waals surface area contributed by atoms with Crippen molar-refractivity contribution in [1.29, 1.82) is 0 Å². The maximum absolute atomic E-state index is 11.2. The van der Waals surface area contributed by atoms with Crippen LogP contribution in [0.5, 0.6) is 0 Å². The van der Waals surface area contributed by atoms with Crippen molar-refractivity contribution in [1.82, 2.24) is 9.78 Å². The molecular formula is C8H10BrN5O2. The van der Waals surface area contributed by atoms with Crippen LogP contribution in [0.4, 0.5) is 0 Å². The molecule has 7 nitrogen and oxygen atoms in total. The molecule has 0 aromatic carbocycles. The molecule has 1 aromatic rings. The van der Waals surface area contributed by atoms with E-state index in [0.717, 1.165) is 0 Å². The fourth-order valence-electron chi connectivity index (χ4n) is 1.12. The largest absolute Gasteiger partial charge is 0.465 e. The number of ether oxygens (including phenoxy) is 1. The number of carbonyl (C=O) groups is 1. The number of azide groups is 1. The Balaban J connectivity index is 2.77. The fourth-order valence-corrected chi connectivity index (χ4v) is 1.57. The van der Waals surface area contributed by atoms with Crippen molar-refractivity contribution < 1.29 is 9.53 Å². The van der Waals surface area contributed by atoms with Crippen molar-refractivity contribution in [3.8, 4) is 0 Å². The molecule has 0 spiro atoms. The highest BCUT2D eigenvalue weighted by Gasteiger charge is 2.10. The Hall–Kier alpha value is -1.53. The Morgan fingerprint density at radius 1 is 1.81 bits per heavy atom. The van der Waals surface area contributed by atoms with Gasteiger partial charge in [0, 0.05) is 10.6 Å². The Morgan fingerprint density at radius 2 is 2.56 bits per heavy atom. The predicted molar refractivity (Wildman–Crippen MR) is 59.4 cm³/mol. The number of nitrogens with zero attached hydrogens (tertiary/aromatic N) is 5. The summed E-state index contributed by atoms with van der Waals surface area (Å²) in [5, 5.41) is 7.45. The molecule has 8 heteroatoms. The van der Waals surface area contributed by atoms with Crippen LogP contribution >= 0.6 is 15.9 Å². The van der Waals surface area contributed by atoms with E-state index in [-0.39, 0.29) is 19.1 Å². The zero-order valence-electron chi connectivity index (χ0n) is 8.63. The second kappa shape index (κ2) is 6.14. The molecular weight excluding hydrogens is 278 g/mol. The molecule has 0 aliphatic carbocycles. The van der Waals surface area contributed by atoms with Gasteiger partial charge >= 0.3 is 5.97 Å². The lowest BCUT2D eigenvalue weighted by molar-refractivity contribution is -0.144. The average molecular weight is 288 g/mol. The van der Waals surface area contributed by atoms with Crippen molar-refractivity contribution in [3.63, 3.8) is 0 Å². The lowest BCUT2D eigenvalue weighted by atomic mass is 10.4. The summed E-state index contributed by atoms with van der Waals surface area (Å²) in [5.41, 5.74) is 8.87. The van der Waals surface area contributed by atoms with Crippen molar-refractivity contribution in [2.75, 3.05) is 6.61 Å². The minimum absolute atomic E-state index is 0.00964. The smallest absolute Gasteiger partial charge is 0.327 e. The first-order chi connectivity index (χ1) is 7.67. The number of esters is 1. The summed E-state index contributed by atoms with van der Waals surface area (Å²) in [6, 6.07) is 1.69. The highest BCUT2D eigenvalue weighted by Crippen LogP contribution is 2.12. The Kier molecular flexibility index (Phi) is 4.81. The van der Waals surface area contributed by atoms with E-state index in [0.29, 0.717) is 16.9 Å². The second-order valence-electron chi connectivity index (χ2n) is 2.81. The third-order valence-electron chi connectivity index (χ3n) is 1.71. The maximum atomic E-state index is 11.2. The van der Waals surface area contributed by atoms with E-state index in [9.17, 15) is 4.79 Å². The van der Waals surface area contributed by atoms with Crippen LogP contribution in [-0.2, 0) is 22.6 Å². The van der Waals surface area contributed by atoms with E-state index in [1.165, 1.54) is 4.68 Å². The van der Waals surface area contributed by atoms with E-state index in [1.807, 2.05) is 0 Å². The van der Waals surface area contributed by atoms with Gasteiger partial charge in [0.25, 0.3) is 0 Å². The van der Waals surface area contributed by atoms with E-state index in [1.54, 1.807) is 13.0 Å². The summed E-state index contributed by atoms with van der Waals surface area (Å²) in [4.78, 5) is 13.9. The van der Waals surface area contributed by atoms with Gasteiger partial charge in [-0.15, -0.1) is 0 Å². The van der Waals surface area contributed by atoms with Gasteiger partial charge in [0.05, 0.1) is 13.2 Å². The molecule has 0 radical (unpaired) electrons. The predicted octanol–water partition coefficient (Wildman–Crippen LogP) is 2.02. The van der Waals surface area contributed by atoms with Crippen LogP contribution in [0.1, 0.15) is 12.6 Å². The Bertz CT molecular complexity index is 424. The molecule has 0 saturated carbocycles. The Morgan fingerprint density at radius 3 is 3.19 bits per heavy atom. The van der Waals surface area contributed by atoms with E-state index >= 15 is 0 Å². The summed E-state index contributed by atoms with van der Waals surface area (Å²) in [6.07, 6.45) is 0. The first-order valence-corrected chi connectivity index (χ1v) is 5.35. The van der Waals surface area contributed by atoms with E-state index < -0.39 is 0 Å². The van der Waals surface area contributed by atoms with Crippen LogP contribution in [0.2, 0.25) is 0 Å². The quantitative estimate of drug-likeness (QED) is 0.359. The van der Waals surface area contributed by atoms with Crippen LogP contribution in [0, 0.1) is 0 Å². The topological polar surface area (TPSA) is 92.9 Å². The fraction of sp³-hybridized carbons (Fsp3) is 0.500. The molecule has 0 saturated heterocycles. The number of hydrogen-bond donors (Lipinski definition) is 0. The third-order valence-corrected chi connectivity index (χ3v) is 2.10. The molecule has 0 atom stereocenters. The first kappa shape index (κ1) is 12.5. The summed E-state index contributed by atoms with van der Waals surface area (Å²) in [7, 11) is 0. The van der Waals surface area contributed by atoms with E-state index in [4.69, 9.17) is 10.3 Å². The average Bonchev–Trinajstić information content (AvgIpc) is 2.56. The summed E-state index contributed by atoms with van der Waals surface area (Å²) < 4.78 is 6.82. The van der Waals surface area contributed by atoms with Crippen molar-refractivity contribution in [2.24, 2.45) is 5.11 Å². The summed E-state index contributed by atoms with van der Waals surface area (Å²) in [6.45, 7) is 2.22. The van der Waals surface area contributed by atoms with Gasteiger partial charge in [0.15, 0.2) is 0 Å². The molecule has 1 rings (SSSR count). The SMILES string of the molecule is CCOC(=O)Cn1nc(Br)cc1CN=[N+]=[N-]. The van der Waals surface area contributed by atoms with Crippen molar-refractivity contribution >= 4 is 21.9 Å². The second-order valence-corrected chi connectivity index (χ2v) is 3.62. The molecule has 0 fully saturated rings. The monoisotopic (exact) mass is 287 g/mol. The lowest BCUT2D eigenvalue weighted by Gasteiger charge is -2.04. The van der Waals surface area contributed by atoms with Gasteiger partial charge in [-0.1, -0.05) is 5.11 Å². The van der Waals surface area contributed by atoms with Crippen LogP contribution in [0.3, 0.4) is 0 Å². The Labute approximate surface area is 100 Å². The molecule has 1 heterocycles.